The Bertz CT molecular complexity index is 957. The molecule has 0 amide bonds. The number of ether oxygens (including phenoxy) is 5. The van der Waals surface area contributed by atoms with Gasteiger partial charge in [0, 0.05) is 27.7 Å². The van der Waals surface area contributed by atoms with Crippen LogP contribution in [0.4, 0.5) is 0 Å². The molecule has 1 aliphatic rings. The van der Waals surface area contributed by atoms with Gasteiger partial charge in [-0.05, 0) is 12.1 Å². The zero-order chi connectivity index (χ0) is 24.1. The van der Waals surface area contributed by atoms with Gasteiger partial charge in [0.15, 0.2) is 18.3 Å². The van der Waals surface area contributed by atoms with E-state index < -0.39 is 70.2 Å². The number of rotatable bonds is 7. The van der Waals surface area contributed by atoms with Crippen molar-refractivity contribution in [1.29, 1.82) is 0 Å². The van der Waals surface area contributed by atoms with E-state index >= 15 is 0 Å². The Morgan fingerprint density at radius 3 is 1.78 bits per heavy atom. The van der Waals surface area contributed by atoms with E-state index in [-0.39, 0.29) is 4.90 Å². The summed E-state index contributed by atoms with van der Waals surface area (Å²) in [4.78, 5) is 46.5. The molecule has 2 rings (SSSR count). The number of carbonyl (C=O) groups is 4. The van der Waals surface area contributed by atoms with Crippen LogP contribution in [0.5, 0.6) is 0 Å². The topological polar surface area (TPSA) is 149 Å². The van der Waals surface area contributed by atoms with Crippen molar-refractivity contribution in [3.8, 4) is 0 Å². The summed E-state index contributed by atoms with van der Waals surface area (Å²) < 4.78 is 53.0. The van der Waals surface area contributed by atoms with Crippen molar-refractivity contribution in [2.75, 3.05) is 6.61 Å². The molecule has 0 N–H and O–H groups in total. The highest BCUT2D eigenvalue weighted by atomic mass is 32.2. The van der Waals surface area contributed by atoms with Gasteiger partial charge in [0.2, 0.25) is 15.3 Å². The molecule has 0 aliphatic carbocycles. The first-order chi connectivity index (χ1) is 14.9. The predicted molar refractivity (Wildman–Crippen MR) is 106 cm³/mol. The first-order valence-electron chi connectivity index (χ1n) is 9.53. The molecule has 0 aromatic heterocycles. The third-order valence-corrected chi connectivity index (χ3v) is 6.25. The van der Waals surface area contributed by atoms with Crippen LogP contribution in [-0.4, -0.2) is 68.8 Å². The van der Waals surface area contributed by atoms with Crippen molar-refractivity contribution < 1.29 is 51.3 Å². The quantitative estimate of drug-likeness (QED) is 0.404. The molecule has 0 bridgehead atoms. The van der Waals surface area contributed by atoms with Gasteiger partial charge in [-0.1, -0.05) is 18.2 Å². The van der Waals surface area contributed by atoms with Crippen LogP contribution in [0.2, 0.25) is 0 Å². The Morgan fingerprint density at radius 1 is 0.781 bits per heavy atom. The minimum Gasteiger partial charge on any atom is -0.463 e. The third kappa shape index (κ3) is 6.26. The molecule has 5 atom stereocenters. The van der Waals surface area contributed by atoms with Gasteiger partial charge in [0.25, 0.3) is 0 Å². The van der Waals surface area contributed by atoms with Gasteiger partial charge in [0.1, 0.15) is 12.7 Å². The van der Waals surface area contributed by atoms with Crippen LogP contribution < -0.4 is 0 Å². The molecule has 0 unspecified atom stereocenters. The molecule has 32 heavy (non-hydrogen) atoms. The van der Waals surface area contributed by atoms with Crippen LogP contribution in [-0.2, 0) is 52.7 Å². The largest absolute Gasteiger partial charge is 0.463 e. The second-order valence-corrected chi connectivity index (χ2v) is 8.95. The third-order valence-electron chi connectivity index (χ3n) is 4.33. The normalized spacial score (nSPS) is 25.3. The van der Waals surface area contributed by atoms with Gasteiger partial charge >= 0.3 is 23.9 Å². The van der Waals surface area contributed by atoms with Gasteiger partial charge in [-0.15, -0.1) is 0 Å². The maximum atomic E-state index is 13.4. The Balaban J connectivity index is 2.61. The predicted octanol–water partition coefficient (Wildman–Crippen LogP) is 0.543. The zero-order valence-corrected chi connectivity index (χ0v) is 18.7. The molecular weight excluding hydrogens is 448 g/mol. The van der Waals surface area contributed by atoms with Crippen molar-refractivity contribution in [3.05, 3.63) is 30.3 Å². The summed E-state index contributed by atoms with van der Waals surface area (Å²) in [5.41, 5.74) is -1.86. The standard InChI is InChI=1S/C20H24O11S/c1-11(21)27-10-16-17(28-12(2)22)18(29-13(3)23)19(30-14(4)24)20(31-16)32(25,26)15-8-6-5-7-9-15/h5-9,16-20H,10H2,1-4H3/t16-,17-,18+,19-,20+/m1/s1. The Kier molecular flexibility index (Phi) is 8.33. The molecule has 0 radical (unpaired) electrons. The number of esters is 4. The average molecular weight is 472 g/mol. The molecule has 0 saturated carbocycles. The molecule has 1 aromatic carbocycles. The number of carbonyl (C=O) groups excluding carboxylic acids is 4. The summed E-state index contributed by atoms with van der Waals surface area (Å²) in [6, 6.07) is 7.19. The van der Waals surface area contributed by atoms with E-state index in [9.17, 15) is 27.6 Å². The summed E-state index contributed by atoms with van der Waals surface area (Å²) >= 11 is 0. The number of hydrogen-bond donors (Lipinski definition) is 0. The van der Waals surface area contributed by atoms with Crippen molar-refractivity contribution >= 4 is 33.7 Å². The van der Waals surface area contributed by atoms with Crippen molar-refractivity contribution in [3.63, 3.8) is 0 Å². The van der Waals surface area contributed by atoms with Gasteiger partial charge in [-0.2, -0.15) is 0 Å². The second-order valence-electron chi connectivity index (χ2n) is 6.93. The van der Waals surface area contributed by atoms with Crippen LogP contribution in [0.15, 0.2) is 35.2 Å². The number of hydrogen-bond acceptors (Lipinski definition) is 11. The summed E-state index contributed by atoms with van der Waals surface area (Å²) in [6.45, 7) is 3.75. The molecule has 1 aromatic rings. The number of sulfone groups is 1. The molecule has 1 saturated heterocycles. The lowest BCUT2D eigenvalue weighted by Crippen LogP contribution is -2.64. The van der Waals surface area contributed by atoms with Gasteiger partial charge in [-0.25, -0.2) is 8.42 Å². The van der Waals surface area contributed by atoms with Crippen LogP contribution in [0, 0.1) is 0 Å². The Labute approximate surface area is 184 Å². The van der Waals surface area contributed by atoms with E-state index in [1.165, 1.54) is 24.3 Å². The first-order valence-corrected chi connectivity index (χ1v) is 11.1. The summed E-state index contributed by atoms with van der Waals surface area (Å²) in [5, 5.41) is 0. The van der Waals surface area contributed by atoms with Crippen LogP contribution in [0.3, 0.4) is 0 Å². The van der Waals surface area contributed by atoms with Crippen molar-refractivity contribution in [1.82, 2.24) is 0 Å². The van der Waals surface area contributed by atoms with Gasteiger partial charge in [0.05, 0.1) is 4.90 Å². The van der Waals surface area contributed by atoms with E-state index in [0.29, 0.717) is 0 Å². The first kappa shape index (κ1) is 25.3. The van der Waals surface area contributed by atoms with Crippen LogP contribution in [0.25, 0.3) is 0 Å². The fourth-order valence-corrected chi connectivity index (χ4v) is 4.84. The highest BCUT2D eigenvalue weighted by molar-refractivity contribution is 7.92. The molecular formula is C20H24O11S. The molecule has 11 nitrogen and oxygen atoms in total. The van der Waals surface area contributed by atoms with Crippen molar-refractivity contribution in [2.24, 2.45) is 0 Å². The van der Waals surface area contributed by atoms with Crippen LogP contribution >= 0.6 is 0 Å². The van der Waals surface area contributed by atoms with E-state index in [1.54, 1.807) is 6.07 Å². The molecule has 0 spiro atoms. The molecule has 1 aliphatic heterocycles. The maximum Gasteiger partial charge on any atom is 0.303 e. The second kappa shape index (κ2) is 10.6. The smallest absolute Gasteiger partial charge is 0.303 e. The van der Waals surface area contributed by atoms with E-state index in [0.717, 1.165) is 27.7 Å². The average Bonchev–Trinajstić information content (AvgIpc) is 2.69. The molecule has 1 fully saturated rings. The highest BCUT2D eigenvalue weighted by Crippen LogP contribution is 2.34. The Morgan fingerprint density at radius 2 is 1.28 bits per heavy atom. The zero-order valence-electron chi connectivity index (χ0n) is 17.9. The minimum absolute atomic E-state index is 0.152. The summed E-state index contributed by atoms with van der Waals surface area (Å²) in [5.74, 6) is -3.25. The van der Waals surface area contributed by atoms with E-state index in [1.807, 2.05) is 0 Å². The highest BCUT2D eigenvalue weighted by Gasteiger charge is 2.56. The lowest BCUT2D eigenvalue weighted by Gasteiger charge is -2.43. The minimum atomic E-state index is -4.32. The van der Waals surface area contributed by atoms with E-state index in [4.69, 9.17) is 23.7 Å². The van der Waals surface area contributed by atoms with Crippen LogP contribution in [0.1, 0.15) is 27.7 Å². The molecule has 176 valence electrons. The fraction of sp³-hybridized carbons (Fsp3) is 0.500. The van der Waals surface area contributed by atoms with Gasteiger partial charge < -0.3 is 23.7 Å². The SMILES string of the molecule is CC(=O)OC[C@H]1O[C@@H](S(=O)(=O)c2ccccc2)[C@H](OC(C)=O)[C@@H](OC(C)=O)[C@@H]1OC(C)=O. The maximum absolute atomic E-state index is 13.4. The fourth-order valence-electron chi connectivity index (χ4n) is 3.18. The summed E-state index contributed by atoms with van der Waals surface area (Å²) in [7, 11) is -4.32. The Hall–Kier alpha value is -2.99. The summed E-state index contributed by atoms with van der Waals surface area (Å²) in [6.07, 6.45) is -6.01. The van der Waals surface area contributed by atoms with Crippen molar-refractivity contribution in [2.45, 2.75) is 62.4 Å². The number of benzene rings is 1. The lowest BCUT2D eigenvalue weighted by atomic mass is 9.99. The van der Waals surface area contributed by atoms with Gasteiger partial charge in [-0.3, -0.25) is 19.2 Å². The van der Waals surface area contributed by atoms with E-state index in [2.05, 4.69) is 0 Å². The lowest BCUT2D eigenvalue weighted by molar-refractivity contribution is -0.238. The molecule has 1 heterocycles. The molecule has 12 heteroatoms. The monoisotopic (exact) mass is 472 g/mol.